The number of nitrogens with zero attached hydrogens (tertiary/aromatic N) is 5. The predicted octanol–water partition coefficient (Wildman–Crippen LogP) is 3.58. The summed E-state index contributed by atoms with van der Waals surface area (Å²) < 4.78 is 47.1. The molecule has 5 rings (SSSR count). The van der Waals surface area contributed by atoms with Crippen molar-refractivity contribution in [3.63, 3.8) is 0 Å². The number of halogens is 3. The van der Waals surface area contributed by atoms with Gasteiger partial charge in [-0.2, -0.15) is 4.98 Å². The fourth-order valence-corrected chi connectivity index (χ4v) is 3.02. The normalized spacial score (nSPS) is 13.3. The minimum Gasteiger partial charge on any atom is -0.406 e. The van der Waals surface area contributed by atoms with Crippen LogP contribution in [-0.4, -0.2) is 31.5 Å². The van der Waals surface area contributed by atoms with Gasteiger partial charge in [0, 0.05) is 5.57 Å². The zero-order valence-electron chi connectivity index (χ0n) is 15.6. The first-order valence-corrected chi connectivity index (χ1v) is 9.11. The summed E-state index contributed by atoms with van der Waals surface area (Å²) in [5.41, 5.74) is 2.19. The molecular formula is C20H12F3N5O3. The van der Waals surface area contributed by atoms with Crippen molar-refractivity contribution in [1.82, 2.24) is 25.1 Å². The SMILES string of the molecule is O=c1c2cc(-c3ccc(OC(F)(F)F)cc3)ccc2nnn1Cc1noc(C2=CC2)n1. The average Bonchev–Trinajstić information content (AvgIpc) is 3.48. The average molecular weight is 427 g/mol. The predicted molar refractivity (Wildman–Crippen MR) is 102 cm³/mol. The van der Waals surface area contributed by atoms with Crippen molar-refractivity contribution >= 4 is 16.5 Å². The number of aromatic nitrogens is 5. The van der Waals surface area contributed by atoms with Gasteiger partial charge >= 0.3 is 6.36 Å². The van der Waals surface area contributed by atoms with Gasteiger partial charge in [-0.05, 0) is 41.8 Å². The summed E-state index contributed by atoms with van der Waals surface area (Å²) in [4.78, 5) is 17.1. The molecule has 0 N–H and O–H groups in total. The molecule has 0 atom stereocenters. The van der Waals surface area contributed by atoms with Crippen LogP contribution in [0, 0.1) is 0 Å². The lowest BCUT2D eigenvalue weighted by Crippen LogP contribution is -2.25. The molecule has 0 bridgehead atoms. The second-order valence-corrected chi connectivity index (χ2v) is 6.81. The van der Waals surface area contributed by atoms with Crippen molar-refractivity contribution in [2.45, 2.75) is 19.3 Å². The molecule has 0 unspecified atom stereocenters. The van der Waals surface area contributed by atoms with E-state index in [1.165, 1.54) is 24.3 Å². The third kappa shape index (κ3) is 4.02. The van der Waals surface area contributed by atoms with Crippen LogP contribution in [-0.2, 0) is 6.54 Å². The Labute approximate surface area is 171 Å². The maximum atomic E-state index is 12.9. The zero-order chi connectivity index (χ0) is 21.6. The van der Waals surface area contributed by atoms with Crippen molar-refractivity contribution in [3.05, 3.63) is 70.6 Å². The van der Waals surface area contributed by atoms with Crippen LogP contribution in [0.4, 0.5) is 13.2 Å². The topological polar surface area (TPSA) is 95.9 Å². The van der Waals surface area contributed by atoms with Crippen LogP contribution in [0.25, 0.3) is 27.6 Å². The fraction of sp³-hybridized carbons (Fsp3) is 0.150. The number of allylic oxidation sites excluding steroid dienone is 2. The summed E-state index contributed by atoms with van der Waals surface area (Å²) in [5.74, 6) is 0.402. The second kappa shape index (κ2) is 7.04. The Balaban J connectivity index is 1.45. The molecule has 8 nitrogen and oxygen atoms in total. The molecule has 0 saturated carbocycles. The Morgan fingerprint density at radius 1 is 1.10 bits per heavy atom. The lowest BCUT2D eigenvalue weighted by Gasteiger charge is -2.09. The van der Waals surface area contributed by atoms with Crippen molar-refractivity contribution in [3.8, 4) is 16.9 Å². The Bertz CT molecular complexity index is 1370. The smallest absolute Gasteiger partial charge is 0.406 e. The van der Waals surface area contributed by atoms with Crippen molar-refractivity contribution in [2.75, 3.05) is 0 Å². The van der Waals surface area contributed by atoms with E-state index in [0.717, 1.165) is 16.7 Å². The number of hydrogen-bond acceptors (Lipinski definition) is 7. The molecule has 31 heavy (non-hydrogen) atoms. The van der Waals surface area contributed by atoms with Crippen molar-refractivity contribution in [1.29, 1.82) is 0 Å². The third-order valence-electron chi connectivity index (χ3n) is 4.59. The lowest BCUT2D eigenvalue weighted by atomic mass is 10.0. The molecule has 2 heterocycles. The molecule has 4 aromatic rings. The van der Waals surface area contributed by atoms with Gasteiger partial charge in [0.2, 0.25) is 0 Å². The van der Waals surface area contributed by atoms with Crippen LogP contribution in [0.15, 0.2) is 57.9 Å². The molecule has 1 aliphatic carbocycles. The maximum absolute atomic E-state index is 12.9. The summed E-state index contributed by atoms with van der Waals surface area (Å²) in [6.07, 6.45) is -2.00. The highest BCUT2D eigenvalue weighted by molar-refractivity contribution is 5.83. The van der Waals surface area contributed by atoms with Crippen LogP contribution in [0.1, 0.15) is 18.1 Å². The summed E-state index contributed by atoms with van der Waals surface area (Å²) >= 11 is 0. The number of ether oxygens (including phenoxy) is 1. The van der Waals surface area contributed by atoms with Gasteiger partial charge in [0.1, 0.15) is 17.8 Å². The molecule has 0 fully saturated rings. The second-order valence-electron chi connectivity index (χ2n) is 6.81. The van der Waals surface area contributed by atoms with E-state index in [0.29, 0.717) is 33.7 Å². The Morgan fingerprint density at radius 2 is 1.84 bits per heavy atom. The summed E-state index contributed by atoms with van der Waals surface area (Å²) in [6.45, 7) is -0.00768. The van der Waals surface area contributed by atoms with Crippen LogP contribution in [0.3, 0.4) is 0 Å². The first-order valence-electron chi connectivity index (χ1n) is 9.11. The van der Waals surface area contributed by atoms with Gasteiger partial charge < -0.3 is 9.26 Å². The Morgan fingerprint density at radius 3 is 2.55 bits per heavy atom. The molecule has 1 aliphatic rings. The highest BCUT2D eigenvalue weighted by Gasteiger charge is 2.31. The largest absolute Gasteiger partial charge is 0.573 e. The fourth-order valence-electron chi connectivity index (χ4n) is 3.02. The summed E-state index contributed by atoms with van der Waals surface area (Å²) in [5, 5.41) is 12.1. The molecule has 2 aromatic carbocycles. The van der Waals surface area contributed by atoms with Gasteiger partial charge in [-0.1, -0.05) is 34.6 Å². The highest BCUT2D eigenvalue weighted by Crippen LogP contribution is 2.29. The highest BCUT2D eigenvalue weighted by atomic mass is 19.4. The summed E-state index contributed by atoms with van der Waals surface area (Å²) in [7, 11) is 0. The van der Waals surface area contributed by atoms with Crippen LogP contribution < -0.4 is 10.3 Å². The molecule has 0 radical (unpaired) electrons. The van der Waals surface area contributed by atoms with Gasteiger partial charge in [-0.15, -0.1) is 18.3 Å². The van der Waals surface area contributed by atoms with Crippen LogP contribution in [0.5, 0.6) is 5.75 Å². The van der Waals surface area contributed by atoms with E-state index in [1.54, 1.807) is 18.2 Å². The number of fused-ring (bicyclic) bond motifs is 1. The van der Waals surface area contributed by atoms with Crippen LogP contribution >= 0.6 is 0 Å². The minimum atomic E-state index is -4.76. The van der Waals surface area contributed by atoms with Gasteiger partial charge in [0.25, 0.3) is 11.4 Å². The van der Waals surface area contributed by atoms with Gasteiger partial charge in [-0.25, -0.2) is 4.68 Å². The van der Waals surface area contributed by atoms with E-state index in [4.69, 9.17) is 4.52 Å². The number of benzene rings is 2. The lowest BCUT2D eigenvalue weighted by molar-refractivity contribution is -0.274. The monoisotopic (exact) mass is 427 g/mol. The van der Waals surface area contributed by atoms with E-state index in [1.807, 2.05) is 6.08 Å². The summed E-state index contributed by atoms with van der Waals surface area (Å²) in [6, 6.07) is 10.3. The molecule has 2 aromatic heterocycles. The molecular weight excluding hydrogens is 415 g/mol. The quantitative estimate of drug-likeness (QED) is 0.480. The molecule has 0 spiro atoms. The minimum absolute atomic E-state index is 0.00768. The van der Waals surface area contributed by atoms with Crippen molar-refractivity contribution < 1.29 is 22.4 Å². The van der Waals surface area contributed by atoms with E-state index < -0.39 is 11.9 Å². The molecule has 0 aliphatic heterocycles. The third-order valence-corrected chi connectivity index (χ3v) is 4.59. The number of rotatable bonds is 5. The van der Waals surface area contributed by atoms with Gasteiger partial charge in [-0.3, -0.25) is 4.79 Å². The van der Waals surface area contributed by atoms with E-state index >= 15 is 0 Å². The van der Waals surface area contributed by atoms with E-state index in [9.17, 15) is 18.0 Å². The maximum Gasteiger partial charge on any atom is 0.573 e. The molecule has 156 valence electrons. The first kappa shape index (κ1) is 19.0. The molecule has 0 amide bonds. The molecule has 11 heteroatoms. The number of alkyl halides is 3. The number of hydrogen-bond donors (Lipinski definition) is 0. The first-order chi connectivity index (χ1) is 14.9. The van der Waals surface area contributed by atoms with E-state index in [-0.39, 0.29) is 12.3 Å². The van der Waals surface area contributed by atoms with Gasteiger partial charge in [0.05, 0.1) is 5.39 Å². The Kier molecular flexibility index (Phi) is 4.31. The van der Waals surface area contributed by atoms with Gasteiger partial charge in [0.15, 0.2) is 5.82 Å². The standard InChI is InChI=1S/C20H12F3N5O3/c21-20(22,23)30-14-6-3-11(4-7-14)13-5-8-16-15(9-13)19(29)28(27-25-16)10-17-24-18(31-26-17)12-1-2-12/h1,3-9H,2,10H2. The van der Waals surface area contributed by atoms with E-state index in [2.05, 4.69) is 25.2 Å². The van der Waals surface area contributed by atoms with Crippen molar-refractivity contribution in [2.24, 2.45) is 0 Å². The zero-order valence-corrected chi connectivity index (χ0v) is 15.6. The molecule has 0 saturated heterocycles. The Hall–Kier alpha value is -4.02. The van der Waals surface area contributed by atoms with Crippen LogP contribution in [0.2, 0.25) is 0 Å².